The Morgan fingerprint density at radius 3 is 2.29 bits per heavy atom. The van der Waals surface area contributed by atoms with Crippen molar-refractivity contribution in [1.82, 2.24) is 15.2 Å². The molecule has 1 aromatic carbocycles. The monoisotopic (exact) mass is 380 g/mol. The maximum absolute atomic E-state index is 12.8. The molecular formula is C18H13B4ClN4O. The molecule has 3 aromatic rings. The first-order valence-electron chi connectivity index (χ1n) is 8.33. The predicted octanol–water partition coefficient (Wildman–Crippen LogP) is 2.02. The van der Waals surface area contributed by atoms with Gasteiger partial charge in [0, 0.05) is 28.5 Å². The normalized spacial score (nSPS) is 11.9. The highest BCUT2D eigenvalue weighted by Gasteiger charge is 2.42. The summed E-state index contributed by atoms with van der Waals surface area (Å²) in [6.07, 6.45) is 3.31. The van der Waals surface area contributed by atoms with Gasteiger partial charge in [-0.3, -0.25) is 14.9 Å². The first-order chi connectivity index (χ1) is 13.1. The lowest BCUT2D eigenvalue weighted by atomic mass is 9.28. The SMILES string of the molecule is [B]C([B])(C(=O)Nc1n[nH]c(-c2ccncc2)c1C)C([B])([B])c1ccc(Cl)cc1. The van der Waals surface area contributed by atoms with Gasteiger partial charge in [0.2, 0.25) is 5.91 Å². The summed E-state index contributed by atoms with van der Waals surface area (Å²) in [5, 5.41) is 6.08. The number of benzene rings is 1. The molecule has 0 aliphatic heterocycles. The standard InChI is InChI=1S/C18H13B4ClN4O/c1-10-14(11-6-8-24-9-7-11)26-27-15(10)25-16(28)18(21,22)17(19,20)12-2-4-13(23)5-3-12/h2-9H,1H3,(H2,25,26,27,28). The lowest BCUT2D eigenvalue weighted by molar-refractivity contribution is -0.117. The van der Waals surface area contributed by atoms with Gasteiger partial charge >= 0.3 is 0 Å². The van der Waals surface area contributed by atoms with E-state index in [9.17, 15) is 4.79 Å². The Morgan fingerprint density at radius 2 is 1.68 bits per heavy atom. The largest absolute Gasteiger partial charge is 0.310 e. The van der Waals surface area contributed by atoms with Crippen LogP contribution in [0.4, 0.5) is 5.82 Å². The van der Waals surface area contributed by atoms with E-state index in [0.29, 0.717) is 16.1 Å². The number of halogens is 1. The molecule has 130 valence electrons. The van der Waals surface area contributed by atoms with Crippen LogP contribution in [0.2, 0.25) is 10.2 Å². The number of carbonyl (C=O) groups is 1. The molecule has 1 amide bonds. The smallest absolute Gasteiger partial charge is 0.214 e. The minimum absolute atomic E-state index is 0.268. The summed E-state index contributed by atoms with van der Waals surface area (Å²) in [7, 11) is 24.4. The molecule has 5 nitrogen and oxygen atoms in total. The summed E-state index contributed by atoms with van der Waals surface area (Å²) >= 11 is 5.88. The Morgan fingerprint density at radius 1 is 1.07 bits per heavy atom. The Balaban J connectivity index is 1.86. The van der Waals surface area contributed by atoms with Crippen molar-refractivity contribution in [2.24, 2.45) is 0 Å². The van der Waals surface area contributed by atoms with Crippen LogP contribution in [0.1, 0.15) is 11.1 Å². The number of nitrogens with one attached hydrogen (secondary N) is 2. The van der Waals surface area contributed by atoms with Crippen LogP contribution in [0.15, 0.2) is 48.8 Å². The van der Waals surface area contributed by atoms with Crippen molar-refractivity contribution in [3.05, 3.63) is 64.9 Å². The number of aromatic nitrogens is 3. The summed E-state index contributed by atoms with van der Waals surface area (Å²) in [6.45, 7) is 1.79. The Labute approximate surface area is 173 Å². The van der Waals surface area contributed by atoms with Gasteiger partial charge in [0.1, 0.15) is 0 Å². The molecule has 0 spiro atoms. The minimum atomic E-state index is -2.14. The average Bonchev–Trinajstić information content (AvgIpc) is 3.03. The molecule has 8 radical (unpaired) electrons. The molecule has 0 aliphatic rings. The van der Waals surface area contributed by atoms with Gasteiger partial charge < -0.3 is 5.32 Å². The van der Waals surface area contributed by atoms with Crippen molar-refractivity contribution >= 4 is 54.7 Å². The Bertz CT molecular complexity index is 991. The van der Waals surface area contributed by atoms with E-state index in [1.165, 1.54) is 0 Å². The van der Waals surface area contributed by atoms with Crippen LogP contribution in [-0.4, -0.2) is 52.5 Å². The second-order valence-corrected chi connectivity index (χ2v) is 6.94. The Kier molecular flexibility index (Phi) is 5.48. The summed E-state index contributed by atoms with van der Waals surface area (Å²) in [4.78, 5) is 16.8. The number of pyridine rings is 1. The number of rotatable bonds is 5. The van der Waals surface area contributed by atoms with Crippen LogP contribution >= 0.6 is 11.6 Å². The highest BCUT2D eigenvalue weighted by molar-refractivity contribution is 6.62. The zero-order chi connectivity index (χ0) is 20.5. The number of hydrogen-bond acceptors (Lipinski definition) is 3. The topological polar surface area (TPSA) is 70.7 Å². The highest BCUT2D eigenvalue weighted by Crippen LogP contribution is 2.39. The van der Waals surface area contributed by atoms with E-state index >= 15 is 0 Å². The Hall–Kier alpha value is -2.40. The molecule has 2 heterocycles. The van der Waals surface area contributed by atoms with Gasteiger partial charge in [0.15, 0.2) is 5.82 Å². The number of amides is 1. The third-order valence-corrected chi connectivity index (χ3v) is 4.84. The third-order valence-electron chi connectivity index (χ3n) is 4.59. The number of anilines is 1. The zero-order valence-corrected chi connectivity index (χ0v) is 15.9. The number of hydrogen-bond donors (Lipinski definition) is 2. The summed E-state index contributed by atoms with van der Waals surface area (Å²) < 4.78 is 0. The number of nitrogens with zero attached hydrogens (tertiary/aromatic N) is 2. The van der Waals surface area contributed by atoms with Crippen molar-refractivity contribution < 1.29 is 4.79 Å². The molecule has 0 aliphatic carbocycles. The summed E-state index contributed by atoms with van der Waals surface area (Å²) in [6, 6.07) is 9.91. The molecular weight excluding hydrogens is 367 g/mol. The second-order valence-electron chi connectivity index (χ2n) is 6.51. The van der Waals surface area contributed by atoms with E-state index in [-0.39, 0.29) is 5.82 Å². The second kappa shape index (κ2) is 7.55. The van der Waals surface area contributed by atoms with Gasteiger partial charge in [0.05, 0.1) is 37.1 Å². The lowest BCUT2D eigenvalue weighted by Crippen LogP contribution is -2.50. The fourth-order valence-electron chi connectivity index (χ4n) is 2.68. The van der Waals surface area contributed by atoms with E-state index in [1.54, 1.807) is 43.6 Å². The van der Waals surface area contributed by atoms with E-state index in [4.69, 9.17) is 43.0 Å². The molecule has 0 saturated heterocycles. The third kappa shape index (κ3) is 3.63. The molecule has 0 saturated carbocycles. The molecule has 2 aromatic heterocycles. The van der Waals surface area contributed by atoms with E-state index in [0.717, 1.165) is 11.3 Å². The number of carbonyl (C=O) groups excluding carboxylic acids is 1. The molecule has 28 heavy (non-hydrogen) atoms. The van der Waals surface area contributed by atoms with Crippen molar-refractivity contribution in [1.29, 1.82) is 0 Å². The first kappa shape index (κ1) is 20.3. The van der Waals surface area contributed by atoms with Crippen LogP contribution in [0.3, 0.4) is 0 Å². The van der Waals surface area contributed by atoms with Crippen LogP contribution in [-0.2, 0) is 10.0 Å². The fraction of sp³-hybridized carbons (Fsp3) is 0.167. The van der Waals surface area contributed by atoms with E-state index in [1.807, 2.05) is 12.1 Å². The molecule has 2 N–H and O–H groups in total. The van der Waals surface area contributed by atoms with Gasteiger partial charge in [0.25, 0.3) is 0 Å². The molecule has 0 fully saturated rings. The fourth-order valence-corrected chi connectivity index (χ4v) is 2.81. The van der Waals surface area contributed by atoms with Crippen molar-refractivity contribution in [2.45, 2.75) is 17.4 Å². The molecule has 10 heteroatoms. The highest BCUT2D eigenvalue weighted by atomic mass is 35.5. The summed E-state index contributed by atoms with van der Waals surface area (Å²) in [5.41, 5.74) is 2.64. The molecule has 0 bridgehead atoms. The summed E-state index contributed by atoms with van der Waals surface area (Å²) in [5.74, 6) is -0.521. The van der Waals surface area contributed by atoms with E-state index in [2.05, 4.69) is 20.5 Å². The van der Waals surface area contributed by atoms with Crippen LogP contribution in [0.5, 0.6) is 0 Å². The van der Waals surface area contributed by atoms with Gasteiger partial charge in [-0.05, 0) is 36.4 Å². The quantitative estimate of drug-likeness (QED) is 0.666. The number of H-pyrrole nitrogens is 1. The van der Waals surface area contributed by atoms with Gasteiger partial charge in [-0.25, -0.2) is 0 Å². The van der Waals surface area contributed by atoms with Crippen LogP contribution in [0.25, 0.3) is 11.3 Å². The molecule has 3 rings (SSSR count). The molecule has 0 unspecified atom stereocenters. The van der Waals surface area contributed by atoms with Crippen LogP contribution in [0, 0.1) is 6.92 Å². The first-order valence-corrected chi connectivity index (χ1v) is 8.70. The van der Waals surface area contributed by atoms with Gasteiger partial charge in [-0.1, -0.05) is 34.5 Å². The van der Waals surface area contributed by atoms with Gasteiger partial charge in [-0.15, -0.1) is 0 Å². The maximum Gasteiger partial charge on any atom is 0.214 e. The lowest BCUT2D eigenvalue weighted by Gasteiger charge is -2.43. The molecule has 0 atom stereocenters. The van der Waals surface area contributed by atoms with Crippen molar-refractivity contribution in [3.63, 3.8) is 0 Å². The number of aromatic amines is 1. The maximum atomic E-state index is 12.8. The predicted molar refractivity (Wildman–Crippen MR) is 114 cm³/mol. The van der Waals surface area contributed by atoms with Crippen molar-refractivity contribution in [3.8, 4) is 11.3 Å². The minimum Gasteiger partial charge on any atom is -0.310 e. The van der Waals surface area contributed by atoms with Gasteiger partial charge in [-0.2, -0.15) is 5.10 Å². The van der Waals surface area contributed by atoms with Crippen molar-refractivity contribution in [2.75, 3.05) is 5.32 Å². The van der Waals surface area contributed by atoms with E-state index < -0.39 is 16.3 Å². The van der Waals surface area contributed by atoms with Crippen LogP contribution < -0.4 is 5.32 Å². The zero-order valence-electron chi connectivity index (χ0n) is 15.1. The average molecular weight is 380 g/mol.